The van der Waals surface area contributed by atoms with Gasteiger partial charge < -0.3 is 9.13 Å². The van der Waals surface area contributed by atoms with E-state index in [-0.39, 0.29) is 17.3 Å². The zero-order chi connectivity index (χ0) is 44.5. The summed E-state index contributed by atoms with van der Waals surface area (Å²) in [6.45, 7) is 16.3. The molecule has 8 aromatic carbocycles. The Hall–Kier alpha value is -8.59. The van der Waals surface area contributed by atoms with Crippen LogP contribution in [0.1, 0.15) is 16.7 Å². The molecular weight excluding hydrogens is 821 g/mol. The summed E-state index contributed by atoms with van der Waals surface area (Å²) in [4.78, 5) is 7.49. The van der Waals surface area contributed by atoms with Gasteiger partial charge >= 0.3 is 12.4 Å². The molecule has 2 aromatic heterocycles. The Kier molecular flexibility index (Phi) is 9.14. The molecule has 64 heavy (non-hydrogen) atoms. The van der Waals surface area contributed by atoms with Crippen molar-refractivity contribution in [3.05, 3.63) is 203 Å². The first-order valence-electron chi connectivity index (χ1n) is 19.8. The smallest absolute Gasteiger partial charge is 0.308 e. The van der Waals surface area contributed by atoms with Crippen LogP contribution in [0.3, 0.4) is 0 Å². The Balaban J connectivity index is 1.38. The lowest BCUT2D eigenvalue weighted by Gasteiger charge is -2.22. The number of halogens is 6. The highest BCUT2D eigenvalue weighted by molar-refractivity contribution is 6.13. The van der Waals surface area contributed by atoms with Crippen molar-refractivity contribution in [1.82, 2.24) is 9.13 Å². The minimum absolute atomic E-state index is 0.0890. The van der Waals surface area contributed by atoms with E-state index in [1.54, 1.807) is 24.3 Å². The second kappa shape index (κ2) is 14.8. The first kappa shape index (κ1) is 39.5. The molecular formula is C53H27F6N5. The largest absolute Gasteiger partial charge is 0.416 e. The minimum atomic E-state index is -5.23. The van der Waals surface area contributed by atoms with E-state index in [4.69, 9.17) is 13.1 Å². The van der Waals surface area contributed by atoms with Gasteiger partial charge in [-0.2, -0.15) is 31.6 Å². The lowest BCUT2D eigenvalue weighted by atomic mass is 9.94. The second-order valence-corrected chi connectivity index (χ2v) is 15.2. The van der Waals surface area contributed by atoms with Gasteiger partial charge in [0, 0.05) is 21.5 Å². The highest BCUT2D eigenvalue weighted by Crippen LogP contribution is 2.48. The maximum Gasteiger partial charge on any atom is 0.416 e. The summed E-state index contributed by atoms with van der Waals surface area (Å²) in [5.74, 6) is 0. The lowest BCUT2D eigenvalue weighted by molar-refractivity contribution is -0.142. The van der Waals surface area contributed by atoms with Crippen LogP contribution in [0, 0.1) is 24.5 Å². The number of alkyl halides is 6. The molecule has 0 aliphatic rings. The van der Waals surface area contributed by atoms with E-state index in [2.05, 4.69) is 15.8 Å². The molecule has 0 aliphatic carbocycles. The van der Waals surface area contributed by atoms with E-state index in [9.17, 15) is 31.6 Å². The van der Waals surface area contributed by atoms with Gasteiger partial charge in [-0.15, -0.1) is 0 Å². The van der Waals surface area contributed by atoms with Gasteiger partial charge in [0.25, 0.3) is 0 Å². The SMILES string of the molecule is [C-]#[N+]c1ccccc1-c1ccc2c3ccccc3n(-c3cc(-c4ccc(C(F)(F)F)cc4C(F)(F)F)c([N+]#[C-])cc3-n3c4ccccc4c4ccc(-c5ccccc5C#N)cc43)c2c1. The van der Waals surface area contributed by atoms with Crippen molar-refractivity contribution in [1.29, 1.82) is 5.26 Å². The number of para-hydroxylation sites is 3. The second-order valence-electron chi connectivity index (χ2n) is 15.2. The summed E-state index contributed by atoms with van der Waals surface area (Å²) < 4.78 is 90.7. The molecule has 306 valence electrons. The van der Waals surface area contributed by atoms with Crippen molar-refractivity contribution in [2.45, 2.75) is 12.4 Å². The van der Waals surface area contributed by atoms with Crippen LogP contribution in [0.25, 0.3) is 98.1 Å². The predicted octanol–water partition coefficient (Wildman–Crippen LogP) is 15.9. The Labute approximate surface area is 361 Å². The van der Waals surface area contributed by atoms with Crippen molar-refractivity contribution < 1.29 is 26.3 Å². The Morgan fingerprint density at radius 2 is 0.953 bits per heavy atom. The van der Waals surface area contributed by atoms with Crippen molar-refractivity contribution in [3.63, 3.8) is 0 Å². The molecule has 0 aliphatic heterocycles. The molecule has 0 spiro atoms. The minimum Gasteiger partial charge on any atom is -0.308 e. The van der Waals surface area contributed by atoms with Crippen molar-refractivity contribution in [3.8, 4) is 50.8 Å². The molecule has 10 aromatic rings. The summed E-state index contributed by atoms with van der Waals surface area (Å²) in [5, 5.41) is 13.3. The zero-order valence-corrected chi connectivity index (χ0v) is 33.1. The normalized spacial score (nSPS) is 11.9. The van der Waals surface area contributed by atoms with E-state index in [1.807, 2.05) is 118 Å². The van der Waals surface area contributed by atoms with Crippen LogP contribution in [0.4, 0.5) is 37.7 Å². The van der Waals surface area contributed by atoms with Gasteiger partial charge in [-0.05, 0) is 88.0 Å². The maximum atomic E-state index is 15.0. The molecule has 10 rings (SSSR count). The Morgan fingerprint density at radius 1 is 0.438 bits per heavy atom. The molecule has 0 unspecified atom stereocenters. The number of nitriles is 1. The van der Waals surface area contributed by atoms with E-state index < -0.39 is 29.0 Å². The molecule has 0 saturated heterocycles. The highest BCUT2D eigenvalue weighted by atomic mass is 19.4. The number of rotatable bonds is 5. The van der Waals surface area contributed by atoms with Gasteiger partial charge in [0.15, 0.2) is 11.4 Å². The van der Waals surface area contributed by atoms with Crippen molar-refractivity contribution in [2.75, 3.05) is 0 Å². The van der Waals surface area contributed by atoms with E-state index in [0.717, 1.165) is 33.2 Å². The number of hydrogen-bond donors (Lipinski definition) is 0. The van der Waals surface area contributed by atoms with Crippen LogP contribution < -0.4 is 0 Å². The van der Waals surface area contributed by atoms with Gasteiger partial charge in [0.2, 0.25) is 0 Å². The Bertz CT molecular complexity index is 3700. The van der Waals surface area contributed by atoms with E-state index in [1.165, 1.54) is 12.1 Å². The molecule has 0 bridgehead atoms. The predicted molar refractivity (Wildman–Crippen MR) is 239 cm³/mol. The fourth-order valence-corrected chi connectivity index (χ4v) is 8.87. The molecule has 2 heterocycles. The Morgan fingerprint density at radius 3 is 1.53 bits per heavy atom. The average Bonchev–Trinajstić information content (AvgIpc) is 3.82. The maximum absolute atomic E-state index is 15.0. The summed E-state index contributed by atoms with van der Waals surface area (Å²) >= 11 is 0. The zero-order valence-electron chi connectivity index (χ0n) is 33.1. The highest BCUT2D eigenvalue weighted by Gasteiger charge is 2.39. The molecule has 0 saturated carbocycles. The molecule has 11 heteroatoms. The van der Waals surface area contributed by atoms with Gasteiger partial charge in [0.05, 0.1) is 69.3 Å². The van der Waals surface area contributed by atoms with Gasteiger partial charge in [0.1, 0.15) is 0 Å². The van der Waals surface area contributed by atoms with E-state index in [0.29, 0.717) is 67.4 Å². The summed E-state index contributed by atoms with van der Waals surface area (Å²) in [7, 11) is 0. The van der Waals surface area contributed by atoms with Gasteiger partial charge in [-0.3, -0.25) is 0 Å². The summed E-state index contributed by atoms with van der Waals surface area (Å²) in [6, 6.07) is 47.6. The van der Waals surface area contributed by atoms with Crippen molar-refractivity contribution >= 4 is 55.0 Å². The number of benzene rings is 8. The van der Waals surface area contributed by atoms with Crippen LogP contribution in [0.5, 0.6) is 0 Å². The third-order valence-electron chi connectivity index (χ3n) is 11.7. The number of aromatic nitrogens is 2. The molecule has 0 radical (unpaired) electrons. The summed E-state index contributed by atoms with van der Waals surface area (Å²) in [6.07, 6.45) is -10.3. The topological polar surface area (TPSA) is 42.4 Å². The summed E-state index contributed by atoms with van der Waals surface area (Å²) in [5.41, 5.74) is 2.91. The fraction of sp³-hybridized carbons (Fsp3) is 0.0377. The fourth-order valence-electron chi connectivity index (χ4n) is 8.87. The average molecular weight is 848 g/mol. The molecule has 0 fully saturated rings. The quantitative estimate of drug-likeness (QED) is 0.126. The van der Waals surface area contributed by atoms with E-state index >= 15 is 0 Å². The first-order valence-corrected chi connectivity index (χ1v) is 19.8. The third-order valence-corrected chi connectivity index (χ3v) is 11.7. The molecule has 5 nitrogen and oxygen atoms in total. The standard InChI is InChI=1S/C53H27F6N5/c1-61-44-16-8-5-13-36(44)32-20-23-41-38-14-6-9-17-46(38)63(49(41)26-32)50-28-42(37-24-21-34(52(54,55)56)27-43(37)53(57,58)59)45(62-2)29-51(50)64-47-18-10-7-15-39(47)40-22-19-31(25-48(40)64)35-12-4-3-11-33(35)30-60/h3-29H. The van der Waals surface area contributed by atoms with Crippen molar-refractivity contribution in [2.24, 2.45) is 0 Å². The molecule has 0 N–H and O–H groups in total. The monoisotopic (exact) mass is 847 g/mol. The van der Waals surface area contributed by atoms with Crippen LogP contribution in [0.2, 0.25) is 0 Å². The number of fused-ring (bicyclic) bond motifs is 6. The van der Waals surface area contributed by atoms with Crippen LogP contribution in [0.15, 0.2) is 164 Å². The number of hydrogen-bond acceptors (Lipinski definition) is 1. The molecule has 0 amide bonds. The first-order chi connectivity index (χ1) is 30.9. The van der Waals surface area contributed by atoms with Crippen LogP contribution >= 0.6 is 0 Å². The third kappa shape index (κ3) is 6.32. The number of nitrogens with zero attached hydrogens (tertiary/aromatic N) is 5. The van der Waals surface area contributed by atoms with Gasteiger partial charge in [-0.25, -0.2) is 9.69 Å². The van der Waals surface area contributed by atoms with Crippen LogP contribution in [-0.2, 0) is 12.4 Å². The lowest BCUT2D eigenvalue weighted by Crippen LogP contribution is -2.12. The van der Waals surface area contributed by atoms with Crippen LogP contribution in [-0.4, -0.2) is 9.13 Å². The molecule has 0 atom stereocenters. The van der Waals surface area contributed by atoms with Gasteiger partial charge in [-0.1, -0.05) is 109 Å².